The van der Waals surface area contributed by atoms with Gasteiger partial charge in [0.1, 0.15) is 41.3 Å². The molecule has 0 aliphatic carbocycles. The average Bonchev–Trinajstić information content (AvgIpc) is 4.04. The molecule has 0 radical (unpaired) electrons. The Balaban J connectivity index is 0.688. The molecule has 0 saturated carbocycles. The van der Waals surface area contributed by atoms with Gasteiger partial charge in [0.2, 0.25) is 23.6 Å². The van der Waals surface area contributed by atoms with Gasteiger partial charge in [-0.2, -0.15) is 0 Å². The lowest BCUT2D eigenvalue weighted by Gasteiger charge is -2.48. The SMILES string of the molecule is CC1(C)CCN(Cc2cc(F)c(N3CC(=O)NC4(CCN(c5cc(NCc6cccc(CNC(=O)C(C)(C)C(C)(C)Cn7cc(CNc8cccc9c8C(=O)N(C8CCC(=O)NC8=O)C9=O)nn7)c6)ncn5)CC4)C3)cc2F)CC1. The summed E-state index contributed by atoms with van der Waals surface area (Å²) < 4.78 is 33.0. The summed E-state index contributed by atoms with van der Waals surface area (Å²) in [6.07, 6.45) is 6.55. The first-order valence-corrected chi connectivity index (χ1v) is 27.5. The van der Waals surface area contributed by atoms with Gasteiger partial charge in [0.25, 0.3) is 11.8 Å². The molecular weight excluding hydrogens is 1030 g/mol. The van der Waals surface area contributed by atoms with Crippen molar-refractivity contribution in [3.63, 3.8) is 0 Å². The Morgan fingerprint density at radius 1 is 0.800 bits per heavy atom. The molecular formula is C58H70F2N14O6. The molecule has 1 unspecified atom stereocenters. The summed E-state index contributed by atoms with van der Waals surface area (Å²) in [7, 11) is 0. The van der Waals surface area contributed by atoms with Crippen molar-refractivity contribution in [2.75, 3.05) is 59.7 Å². The van der Waals surface area contributed by atoms with Crippen molar-refractivity contribution >= 4 is 58.5 Å². The highest BCUT2D eigenvalue weighted by atomic mass is 19.1. The largest absolute Gasteiger partial charge is 0.379 e. The second-order valence-corrected chi connectivity index (χ2v) is 24.1. The minimum absolute atomic E-state index is 0.0252. The molecule has 3 aromatic carbocycles. The van der Waals surface area contributed by atoms with Crippen LogP contribution < -0.4 is 36.4 Å². The van der Waals surface area contributed by atoms with Gasteiger partial charge in [-0.05, 0) is 85.3 Å². The lowest BCUT2D eigenvalue weighted by atomic mass is 9.67. The van der Waals surface area contributed by atoms with Crippen LogP contribution in [0, 0.1) is 27.9 Å². The van der Waals surface area contributed by atoms with Crippen LogP contribution in [0.1, 0.15) is 123 Å². The maximum atomic E-state index is 15.8. The van der Waals surface area contributed by atoms with E-state index in [9.17, 15) is 28.8 Å². The monoisotopic (exact) mass is 1100 g/mol. The Morgan fingerprint density at radius 3 is 2.29 bits per heavy atom. The molecule has 80 heavy (non-hydrogen) atoms. The summed E-state index contributed by atoms with van der Waals surface area (Å²) in [6, 6.07) is 16.2. The highest BCUT2D eigenvalue weighted by Crippen LogP contribution is 2.41. The van der Waals surface area contributed by atoms with E-state index in [-0.39, 0.29) is 60.0 Å². The number of rotatable bonds is 17. The summed E-state index contributed by atoms with van der Waals surface area (Å²) in [6.45, 7) is 17.1. The Labute approximate surface area is 463 Å². The normalized spacial score (nSPS) is 19.5. The fourth-order valence-electron chi connectivity index (χ4n) is 11.4. The first-order valence-electron chi connectivity index (χ1n) is 27.5. The van der Waals surface area contributed by atoms with Crippen LogP contribution in [0.4, 0.5) is 31.8 Å². The topological polar surface area (TPSA) is 232 Å². The molecule has 5 aliphatic heterocycles. The van der Waals surface area contributed by atoms with E-state index in [2.05, 4.69) is 70.5 Å². The number of likely N-dealkylation sites (tertiary alicyclic amines) is 1. The fraction of sp³-hybridized carbons (Fsp3) is 0.483. The predicted octanol–water partition coefficient (Wildman–Crippen LogP) is 5.94. The third-order valence-corrected chi connectivity index (χ3v) is 17.2. The number of hydrogen-bond acceptors (Lipinski definition) is 15. The molecule has 1 spiro atoms. The van der Waals surface area contributed by atoms with E-state index in [1.54, 1.807) is 27.9 Å². The summed E-state index contributed by atoms with van der Waals surface area (Å²) in [5, 5.41) is 23.8. The molecule has 10 rings (SSSR count). The van der Waals surface area contributed by atoms with Crippen molar-refractivity contribution in [2.45, 2.75) is 124 Å². The van der Waals surface area contributed by atoms with Crippen LogP contribution in [-0.2, 0) is 51.9 Å². The number of amides is 6. The van der Waals surface area contributed by atoms with Gasteiger partial charge in [-0.15, -0.1) is 5.10 Å². The van der Waals surface area contributed by atoms with E-state index >= 15 is 8.78 Å². The number of fused-ring (bicyclic) bond motifs is 1. The molecule has 1 atom stereocenters. The number of hydrogen-bond donors (Lipinski definition) is 5. The first-order chi connectivity index (χ1) is 38.1. The Morgan fingerprint density at radius 2 is 1.54 bits per heavy atom. The molecule has 422 valence electrons. The smallest absolute Gasteiger partial charge is 0.264 e. The minimum atomic E-state index is -1.07. The zero-order valence-electron chi connectivity index (χ0n) is 46.3. The maximum Gasteiger partial charge on any atom is 0.264 e. The van der Waals surface area contributed by atoms with E-state index in [4.69, 9.17) is 0 Å². The van der Waals surface area contributed by atoms with E-state index < -0.39 is 57.7 Å². The van der Waals surface area contributed by atoms with Crippen molar-refractivity contribution < 1.29 is 37.5 Å². The zero-order chi connectivity index (χ0) is 56.7. The molecule has 7 heterocycles. The number of piperidine rings is 3. The molecule has 4 fully saturated rings. The quantitative estimate of drug-likeness (QED) is 0.0679. The number of anilines is 4. The molecule has 0 bridgehead atoms. The fourth-order valence-corrected chi connectivity index (χ4v) is 11.4. The van der Waals surface area contributed by atoms with Crippen LogP contribution >= 0.6 is 0 Å². The van der Waals surface area contributed by atoms with Gasteiger partial charge in [-0.1, -0.05) is 77.1 Å². The summed E-state index contributed by atoms with van der Waals surface area (Å²) >= 11 is 0. The van der Waals surface area contributed by atoms with Crippen molar-refractivity contribution in [1.29, 1.82) is 0 Å². The lowest BCUT2D eigenvalue weighted by molar-refractivity contribution is -0.137. The van der Waals surface area contributed by atoms with Crippen LogP contribution in [0.2, 0.25) is 0 Å². The number of nitrogens with one attached hydrogen (secondary N) is 5. The van der Waals surface area contributed by atoms with E-state index in [1.165, 1.54) is 24.5 Å². The van der Waals surface area contributed by atoms with Crippen molar-refractivity contribution in [3.05, 3.63) is 118 Å². The standard InChI is InChI=1S/C58H70F2N14O6/c1-55(2)15-19-70(20-16-55)30-38-24-42(60)45(25-41(38)59)72-32-49(76)67-58(34-72)17-21-71(22-18-58)47-26-46(64-35-65-47)62-27-36-9-7-10-37(23-36)28-63-54(80)57(5,6)56(3,4)33-73-31-39(68-69-73)29-61-43-12-8-11-40-50(43)53(79)74(52(40)78)44-13-14-48(75)66-51(44)77/h7-12,23-26,31,35,44,61H,13-22,27-30,32-34H2,1-6H3,(H,63,80)(H,67,76)(H,62,64,65)(H,66,75,77). The number of nitrogens with zero attached hydrogens (tertiary/aromatic N) is 9. The first kappa shape index (κ1) is 55.4. The number of carbonyl (C=O) groups is 6. The number of benzene rings is 3. The molecule has 5 aliphatic rings. The van der Waals surface area contributed by atoms with Crippen LogP contribution in [0.25, 0.3) is 0 Å². The third kappa shape index (κ3) is 11.7. The van der Waals surface area contributed by atoms with Crippen molar-refractivity contribution in [3.8, 4) is 0 Å². The van der Waals surface area contributed by atoms with Gasteiger partial charge in [-0.25, -0.2) is 18.7 Å². The minimum Gasteiger partial charge on any atom is -0.379 e. The highest BCUT2D eigenvalue weighted by molar-refractivity contribution is 6.25. The average molecular weight is 1100 g/mol. The molecule has 2 aromatic heterocycles. The third-order valence-electron chi connectivity index (χ3n) is 17.2. The van der Waals surface area contributed by atoms with Gasteiger partial charge in [-0.3, -0.25) is 48.6 Å². The Bertz CT molecular complexity index is 3230. The summed E-state index contributed by atoms with van der Waals surface area (Å²) in [5.74, 6) is -2.31. The number of imide groups is 2. The Kier molecular flexibility index (Phi) is 15.2. The van der Waals surface area contributed by atoms with E-state index in [1.807, 2.05) is 58.0 Å². The molecule has 5 aromatic rings. The lowest BCUT2D eigenvalue weighted by Crippen LogP contribution is -2.66. The van der Waals surface area contributed by atoms with Crippen LogP contribution in [0.3, 0.4) is 0 Å². The van der Waals surface area contributed by atoms with Crippen LogP contribution in [0.5, 0.6) is 0 Å². The number of aromatic nitrogens is 5. The van der Waals surface area contributed by atoms with Gasteiger partial charge < -0.3 is 31.1 Å². The zero-order valence-corrected chi connectivity index (χ0v) is 46.3. The van der Waals surface area contributed by atoms with Gasteiger partial charge in [0, 0.05) is 75.6 Å². The van der Waals surface area contributed by atoms with Crippen LogP contribution in [-0.4, -0.2) is 121 Å². The molecule has 6 amide bonds. The molecule has 4 saturated heterocycles. The Hall–Kier alpha value is -7.88. The molecule has 20 nitrogen and oxygen atoms in total. The summed E-state index contributed by atoms with van der Waals surface area (Å²) in [4.78, 5) is 94.2. The van der Waals surface area contributed by atoms with E-state index in [0.29, 0.717) is 81.4 Å². The second-order valence-electron chi connectivity index (χ2n) is 24.1. The highest BCUT2D eigenvalue weighted by Gasteiger charge is 2.47. The predicted molar refractivity (Wildman–Crippen MR) is 295 cm³/mol. The van der Waals surface area contributed by atoms with Gasteiger partial charge in [0.05, 0.1) is 47.1 Å². The van der Waals surface area contributed by atoms with Crippen LogP contribution in [0.15, 0.2) is 73.2 Å². The second kappa shape index (κ2) is 22.0. The number of halogens is 2. The maximum absolute atomic E-state index is 15.8. The van der Waals surface area contributed by atoms with Crippen molar-refractivity contribution in [1.82, 2.24) is 50.7 Å². The number of piperazine rings is 1. The van der Waals surface area contributed by atoms with E-state index in [0.717, 1.165) is 47.8 Å². The molecule has 5 N–H and O–H groups in total. The van der Waals surface area contributed by atoms with Crippen molar-refractivity contribution in [2.24, 2.45) is 16.2 Å². The molecule has 22 heteroatoms. The van der Waals surface area contributed by atoms with Gasteiger partial charge >= 0.3 is 0 Å². The van der Waals surface area contributed by atoms with Gasteiger partial charge in [0.15, 0.2) is 0 Å². The number of carbonyl (C=O) groups excluding carboxylic acids is 6. The summed E-state index contributed by atoms with van der Waals surface area (Å²) in [5.41, 5.74) is 1.78.